The second-order valence-electron chi connectivity index (χ2n) is 15.0. The van der Waals surface area contributed by atoms with Gasteiger partial charge in [0.2, 0.25) is 11.8 Å². The molecule has 4 heterocycles. The van der Waals surface area contributed by atoms with Crippen molar-refractivity contribution in [3.8, 4) is 0 Å². The molecule has 2 fully saturated rings. The summed E-state index contributed by atoms with van der Waals surface area (Å²) < 4.78 is 21.1. The molecule has 2 aliphatic rings. The molecule has 12 heteroatoms. The summed E-state index contributed by atoms with van der Waals surface area (Å²) in [4.78, 5) is 36.1. The molecular weight excluding hydrogens is 648 g/mol. The zero-order valence-electron chi connectivity index (χ0n) is 31.9. The smallest absolute Gasteiger partial charge is 0.223 e. The number of aliphatic hydroxyl groups is 1. The molecule has 0 saturated carbocycles. The first-order valence-corrected chi connectivity index (χ1v) is 18.0. The molecule has 0 atom stereocenters. The van der Waals surface area contributed by atoms with Gasteiger partial charge in [-0.1, -0.05) is 0 Å². The summed E-state index contributed by atoms with van der Waals surface area (Å²) in [7, 11) is 5.25. The Balaban J connectivity index is 0.000000198. The number of fused-ring (bicyclic) bond motifs is 2. The Morgan fingerprint density at radius 1 is 0.765 bits per heavy atom. The Labute approximate surface area is 301 Å². The van der Waals surface area contributed by atoms with Gasteiger partial charge in [-0.3, -0.25) is 9.59 Å². The molecule has 278 valence electrons. The molecule has 4 aromatic rings. The lowest BCUT2D eigenvalue weighted by Crippen LogP contribution is -2.28. The molecular formula is C39H56N6O6. The maximum Gasteiger partial charge on any atom is 0.223 e. The molecule has 0 spiro atoms. The standard InChI is InChI=1S/C20H29N3O3.C19H27N3O3/c1-14(24)22(4)16-6-7-18-17(12-16)21-19(20(2,3)25-5)23(18)13-15-8-10-26-11-9-15;1-13(23)21(4)15-5-6-17-16(11-15)20-18(19(2,3)24)22(17)12-14-7-9-25-10-8-14/h6-7,12,15H,8-11,13H2,1-5H3;5-6,11,14,24H,7-10,12H2,1-4H3. The number of amides is 2. The van der Waals surface area contributed by atoms with Crippen LogP contribution in [0.5, 0.6) is 0 Å². The average Bonchev–Trinajstić information content (AvgIpc) is 3.66. The fourth-order valence-corrected chi connectivity index (χ4v) is 6.78. The van der Waals surface area contributed by atoms with E-state index in [1.165, 1.54) is 6.92 Å². The predicted molar refractivity (Wildman–Crippen MR) is 200 cm³/mol. The molecule has 51 heavy (non-hydrogen) atoms. The summed E-state index contributed by atoms with van der Waals surface area (Å²) in [6.07, 6.45) is 4.18. The highest BCUT2D eigenvalue weighted by Crippen LogP contribution is 2.33. The van der Waals surface area contributed by atoms with Crippen LogP contribution in [0, 0.1) is 11.8 Å². The highest BCUT2D eigenvalue weighted by Gasteiger charge is 2.30. The fraction of sp³-hybridized carbons (Fsp3) is 0.590. The Kier molecular flexibility index (Phi) is 11.9. The number of rotatable bonds is 9. The number of imidazole rings is 2. The first-order valence-electron chi connectivity index (χ1n) is 18.0. The molecule has 0 bridgehead atoms. The van der Waals surface area contributed by atoms with Crippen LogP contribution in [0.2, 0.25) is 0 Å². The second-order valence-corrected chi connectivity index (χ2v) is 15.0. The van der Waals surface area contributed by atoms with Gasteiger partial charge in [-0.15, -0.1) is 0 Å². The van der Waals surface area contributed by atoms with Crippen LogP contribution in [0.1, 0.15) is 78.9 Å². The first-order chi connectivity index (χ1) is 24.1. The van der Waals surface area contributed by atoms with E-state index >= 15 is 0 Å². The summed E-state index contributed by atoms with van der Waals surface area (Å²) in [5.41, 5.74) is 3.90. The molecule has 2 aromatic heterocycles. The number of hydrogen-bond donors (Lipinski definition) is 1. The summed E-state index contributed by atoms with van der Waals surface area (Å²) in [6.45, 7) is 15.7. The third-order valence-corrected chi connectivity index (χ3v) is 10.3. The van der Waals surface area contributed by atoms with Gasteiger partial charge in [0.15, 0.2) is 0 Å². The molecule has 6 rings (SSSR count). The second kappa shape index (κ2) is 15.8. The number of hydrogen-bond acceptors (Lipinski definition) is 8. The maximum atomic E-state index is 11.7. The van der Waals surface area contributed by atoms with Crippen LogP contribution in [0.15, 0.2) is 36.4 Å². The molecule has 2 amide bonds. The maximum absolute atomic E-state index is 11.7. The zero-order valence-corrected chi connectivity index (χ0v) is 31.9. The zero-order chi connectivity index (χ0) is 37.1. The topological polar surface area (TPSA) is 124 Å². The van der Waals surface area contributed by atoms with Crippen molar-refractivity contribution < 1.29 is 28.9 Å². The van der Waals surface area contributed by atoms with Gasteiger partial charge in [0.1, 0.15) is 22.9 Å². The molecule has 2 aromatic carbocycles. The fourth-order valence-electron chi connectivity index (χ4n) is 6.78. The molecule has 0 unspecified atom stereocenters. The lowest BCUT2D eigenvalue weighted by molar-refractivity contribution is -0.117. The molecule has 0 aliphatic carbocycles. The number of carbonyl (C=O) groups is 2. The Bertz CT molecular complexity index is 1830. The van der Waals surface area contributed by atoms with Crippen LogP contribution in [0.3, 0.4) is 0 Å². The van der Waals surface area contributed by atoms with E-state index in [1.807, 2.05) is 44.2 Å². The molecule has 1 N–H and O–H groups in total. The number of anilines is 2. The lowest BCUT2D eigenvalue weighted by atomic mass is 9.99. The van der Waals surface area contributed by atoms with E-state index in [0.29, 0.717) is 17.7 Å². The van der Waals surface area contributed by atoms with Crippen LogP contribution < -0.4 is 9.80 Å². The summed E-state index contributed by atoms with van der Waals surface area (Å²) in [5.74, 6) is 2.66. The van der Waals surface area contributed by atoms with Gasteiger partial charge in [0.05, 0.1) is 22.1 Å². The molecule has 2 aliphatic heterocycles. The Morgan fingerprint density at radius 2 is 1.16 bits per heavy atom. The normalized spacial score (nSPS) is 16.3. The number of aromatic nitrogens is 4. The van der Waals surface area contributed by atoms with Crippen LogP contribution in [-0.2, 0) is 48.1 Å². The van der Waals surface area contributed by atoms with Gasteiger partial charge in [-0.05, 0) is 102 Å². The van der Waals surface area contributed by atoms with Crippen molar-refractivity contribution in [3.63, 3.8) is 0 Å². The highest BCUT2D eigenvalue weighted by atomic mass is 16.5. The summed E-state index contributed by atoms with van der Waals surface area (Å²) >= 11 is 0. The SMILES string of the molecule is CC(=O)N(C)c1ccc2c(c1)nc(C(C)(C)O)n2CC1CCOCC1.COC(C)(C)c1nc2cc(N(C)C(C)=O)ccc2n1CC1CCOCC1. The van der Waals surface area contributed by atoms with Crippen molar-refractivity contribution in [1.29, 1.82) is 0 Å². The van der Waals surface area contributed by atoms with Gasteiger partial charge in [0, 0.05) is 85.9 Å². The van der Waals surface area contributed by atoms with Crippen LogP contribution in [0.4, 0.5) is 11.4 Å². The monoisotopic (exact) mass is 704 g/mol. The lowest BCUT2D eigenvalue weighted by Gasteiger charge is -2.27. The van der Waals surface area contributed by atoms with E-state index in [2.05, 4.69) is 15.2 Å². The number of nitrogens with zero attached hydrogens (tertiary/aromatic N) is 6. The van der Waals surface area contributed by atoms with E-state index in [0.717, 1.165) is 104 Å². The van der Waals surface area contributed by atoms with Crippen molar-refractivity contribution in [2.45, 2.75) is 91.5 Å². The average molecular weight is 705 g/mol. The minimum atomic E-state index is -1.03. The third-order valence-electron chi connectivity index (χ3n) is 10.3. The van der Waals surface area contributed by atoms with Crippen LogP contribution in [-0.4, -0.2) is 83.7 Å². The molecule has 2 saturated heterocycles. The van der Waals surface area contributed by atoms with E-state index in [1.54, 1.807) is 51.8 Å². The van der Waals surface area contributed by atoms with E-state index in [4.69, 9.17) is 24.2 Å². The Morgan fingerprint density at radius 3 is 1.53 bits per heavy atom. The minimum Gasteiger partial charge on any atom is -0.383 e. The largest absolute Gasteiger partial charge is 0.383 e. The van der Waals surface area contributed by atoms with Gasteiger partial charge in [-0.2, -0.15) is 0 Å². The molecule has 0 radical (unpaired) electrons. The summed E-state index contributed by atoms with van der Waals surface area (Å²) in [6, 6.07) is 11.9. The summed E-state index contributed by atoms with van der Waals surface area (Å²) in [5, 5.41) is 10.6. The van der Waals surface area contributed by atoms with Gasteiger partial charge in [0.25, 0.3) is 0 Å². The highest BCUT2D eigenvalue weighted by molar-refractivity contribution is 5.94. The number of carbonyl (C=O) groups excluding carboxylic acids is 2. The van der Waals surface area contributed by atoms with E-state index in [9.17, 15) is 14.7 Å². The van der Waals surface area contributed by atoms with E-state index in [-0.39, 0.29) is 11.8 Å². The quantitative estimate of drug-likeness (QED) is 0.225. The predicted octanol–water partition coefficient (Wildman–Crippen LogP) is 6.00. The minimum absolute atomic E-state index is 0.00318. The van der Waals surface area contributed by atoms with Crippen molar-refractivity contribution in [2.24, 2.45) is 11.8 Å². The van der Waals surface area contributed by atoms with Crippen molar-refractivity contribution in [1.82, 2.24) is 19.1 Å². The van der Waals surface area contributed by atoms with E-state index < -0.39 is 11.2 Å². The Hall–Kier alpha value is -3.84. The third kappa shape index (κ3) is 8.80. The van der Waals surface area contributed by atoms with Crippen molar-refractivity contribution in [2.75, 3.05) is 57.4 Å². The number of benzene rings is 2. The molecule has 12 nitrogen and oxygen atoms in total. The van der Waals surface area contributed by atoms with Crippen molar-refractivity contribution in [3.05, 3.63) is 48.0 Å². The van der Waals surface area contributed by atoms with Crippen molar-refractivity contribution >= 4 is 45.3 Å². The van der Waals surface area contributed by atoms with Gasteiger partial charge >= 0.3 is 0 Å². The number of ether oxygens (including phenoxy) is 3. The van der Waals surface area contributed by atoms with Gasteiger partial charge in [-0.25, -0.2) is 9.97 Å². The first kappa shape index (κ1) is 38.4. The van der Waals surface area contributed by atoms with Crippen LogP contribution in [0.25, 0.3) is 22.1 Å². The van der Waals surface area contributed by atoms with Gasteiger partial charge < -0.3 is 38.3 Å². The van der Waals surface area contributed by atoms with Crippen LogP contribution >= 0.6 is 0 Å². The number of methoxy groups -OCH3 is 1.